The number of halogens is 2. The molecule has 2 aromatic carbocycles. The van der Waals surface area contributed by atoms with Crippen LogP contribution in [-0.2, 0) is 4.74 Å². The molecule has 32 heavy (non-hydrogen) atoms. The second-order valence-corrected chi connectivity index (χ2v) is 8.47. The van der Waals surface area contributed by atoms with Crippen LogP contribution in [0.15, 0.2) is 52.4 Å². The van der Waals surface area contributed by atoms with Crippen LogP contribution < -0.4 is 4.74 Å². The lowest BCUT2D eigenvalue weighted by Gasteiger charge is -2.40. The lowest BCUT2D eigenvalue weighted by molar-refractivity contribution is -0.250. The molecule has 0 spiro atoms. The van der Waals surface area contributed by atoms with E-state index in [4.69, 9.17) is 9.47 Å². The number of aromatic nitrogens is 1. The van der Waals surface area contributed by atoms with E-state index in [0.29, 0.717) is 22.8 Å². The lowest BCUT2D eigenvalue weighted by atomic mass is 9.98. The van der Waals surface area contributed by atoms with Crippen LogP contribution in [0.25, 0.3) is 10.9 Å². The van der Waals surface area contributed by atoms with Crippen LogP contribution in [0.1, 0.15) is 13.2 Å². The van der Waals surface area contributed by atoms with Gasteiger partial charge in [0.25, 0.3) is 0 Å². The van der Waals surface area contributed by atoms with Gasteiger partial charge in [-0.15, -0.1) is 0 Å². The Hall–Kier alpha value is -2.21. The fourth-order valence-corrected chi connectivity index (χ4v) is 4.77. The molecule has 4 rings (SSSR count). The zero-order valence-corrected chi connectivity index (χ0v) is 17.9. The molecule has 0 saturated carbocycles. The maximum atomic E-state index is 14.8. The van der Waals surface area contributed by atoms with Gasteiger partial charge in [0.15, 0.2) is 6.23 Å². The quantitative estimate of drug-likeness (QED) is 0.442. The maximum absolute atomic E-state index is 14.8. The zero-order chi connectivity index (χ0) is 23.0. The van der Waals surface area contributed by atoms with E-state index in [-0.39, 0.29) is 10.3 Å². The van der Waals surface area contributed by atoms with E-state index in [1.54, 1.807) is 19.1 Å². The fraction of sp³-hybridized carbons (Fsp3) is 0.364. The number of hydrogen-bond donors (Lipinski definition) is 4. The molecule has 0 bridgehead atoms. The van der Waals surface area contributed by atoms with Gasteiger partial charge in [-0.05, 0) is 31.2 Å². The van der Waals surface area contributed by atoms with E-state index in [1.807, 2.05) is 0 Å². The molecule has 0 radical (unpaired) electrons. The molecule has 0 unspecified atom stereocenters. The first-order valence-corrected chi connectivity index (χ1v) is 10.9. The average molecular weight is 467 g/mol. The van der Waals surface area contributed by atoms with Gasteiger partial charge >= 0.3 is 0 Å². The first-order chi connectivity index (χ1) is 15.3. The topological polar surface area (TPSA) is 104 Å². The fourth-order valence-electron chi connectivity index (χ4n) is 3.77. The summed E-state index contributed by atoms with van der Waals surface area (Å²) in [5, 5.41) is 40.4. The van der Waals surface area contributed by atoms with Crippen molar-refractivity contribution in [1.29, 1.82) is 0 Å². The average Bonchev–Trinajstić information content (AvgIpc) is 3.14. The first kappa shape index (κ1) is 23.0. The molecule has 0 aliphatic carbocycles. The summed E-state index contributed by atoms with van der Waals surface area (Å²) in [6.45, 7) is 1.59. The van der Waals surface area contributed by atoms with Crippen molar-refractivity contribution in [3.05, 3.63) is 54.2 Å². The SMILES string of the molecule is CCOc1ccc(Sc2cn([C@@H]3O[C@H](CO)[C@@H](O)[C@H](O)[C@H]3O)c3cccc(F)c23)c(F)c1. The van der Waals surface area contributed by atoms with E-state index in [9.17, 15) is 29.2 Å². The zero-order valence-electron chi connectivity index (χ0n) is 17.1. The van der Waals surface area contributed by atoms with Gasteiger partial charge in [-0.3, -0.25) is 0 Å². The van der Waals surface area contributed by atoms with Crippen molar-refractivity contribution in [2.75, 3.05) is 13.2 Å². The highest BCUT2D eigenvalue weighted by molar-refractivity contribution is 7.99. The Kier molecular flexibility index (Phi) is 6.70. The summed E-state index contributed by atoms with van der Waals surface area (Å²) in [6.07, 6.45) is -5.50. The molecule has 1 aliphatic heterocycles. The first-order valence-electron chi connectivity index (χ1n) is 10.1. The molecule has 0 amide bonds. The predicted molar refractivity (Wildman–Crippen MR) is 113 cm³/mol. The molecule has 1 aliphatic rings. The van der Waals surface area contributed by atoms with Crippen LogP contribution in [0.4, 0.5) is 8.78 Å². The molecule has 4 N–H and O–H groups in total. The number of nitrogens with zero attached hydrogens (tertiary/aromatic N) is 1. The van der Waals surface area contributed by atoms with Crippen LogP contribution in [0.5, 0.6) is 5.75 Å². The second-order valence-electron chi connectivity index (χ2n) is 7.38. The summed E-state index contributed by atoms with van der Waals surface area (Å²) in [7, 11) is 0. The molecule has 10 heteroatoms. The van der Waals surface area contributed by atoms with Crippen molar-refractivity contribution >= 4 is 22.7 Å². The van der Waals surface area contributed by atoms with Gasteiger partial charge in [0, 0.05) is 27.4 Å². The van der Waals surface area contributed by atoms with Crippen molar-refractivity contribution in [3.8, 4) is 5.75 Å². The minimum Gasteiger partial charge on any atom is -0.494 e. The van der Waals surface area contributed by atoms with Gasteiger partial charge in [0.05, 0.1) is 18.7 Å². The van der Waals surface area contributed by atoms with Crippen LogP contribution in [-0.4, -0.2) is 62.6 Å². The number of aliphatic hydroxyl groups excluding tert-OH is 4. The van der Waals surface area contributed by atoms with Crippen LogP contribution in [0.2, 0.25) is 0 Å². The van der Waals surface area contributed by atoms with E-state index in [1.165, 1.54) is 35.0 Å². The van der Waals surface area contributed by atoms with Gasteiger partial charge in [-0.25, -0.2) is 8.78 Å². The molecule has 2 heterocycles. The summed E-state index contributed by atoms with van der Waals surface area (Å²) >= 11 is 0.989. The van der Waals surface area contributed by atoms with Crippen molar-refractivity contribution in [1.82, 2.24) is 4.57 Å². The smallest absolute Gasteiger partial charge is 0.163 e. The van der Waals surface area contributed by atoms with Gasteiger partial charge < -0.3 is 34.5 Å². The minimum atomic E-state index is -1.59. The molecule has 1 aromatic heterocycles. The highest BCUT2D eigenvalue weighted by Gasteiger charge is 2.44. The summed E-state index contributed by atoms with van der Waals surface area (Å²) in [5.41, 5.74) is 0.336. The Balaban J connectivity index is 1.76. The summed E-state index contributed by atoms with van der Waals surface area (Å²) in [5.74, 6) is -0.713. The molecular formula is C22H23F2NO6S. The number of hydrogen-bond acceptors (Lipinski definition) is 7. The van der Waals surface area contributed by atoms with E-state index < -0.39 is 48.9 Å². The monoisotopic (exact) mass is 467 g/mol. The summed E-state index contributed by atoms with van der Waals surface area (Å²) in [6, 6.07) is 8.73. The van der Waals surface area contributed by atoms with Gasteiger partial charge in [-0.1, -0.05) is 17.8 Å². The normalized spacial score (nSPS) is 25.9. The predicted octanol–water partition coefficient (Wildman–Crippen LogP) is 2.44. The number of ether oxygens (including phenoxy) is 2. The lowest BCUT2D eigenvalue weighted by Crippen LogP contribution is -2.56. The maximum Gasteiger partial charge on any atom is 0.163 e. The van der Waals surface area contributed by atoms with Crippen LogP contribution >= 0.6 is 11.8 Å². The van der Waals surface area contributed by atoms with Crippen molar-refractivity contribution in [2.24, 2.45) is 0 Å². The Bertz CT molecular complexity index is 1110. The standard InChI is InChI=1S/C22H23F2NO6S/c1-2-30-11-6-7-16(13(24)8-11)32-17-9-25(14-5-3-4-12(23)18(14)17)22-21(29)20(28)19(27)15(10-26)31-22/h3-9,15,19-22,26-29H,2,10H2,1H3/t15-,19-,20+,21-,22-/m1/s1. The van der Waals surface area contributed by atoms with Crippen molar-refractivity contribution in [2.45, 2.75) is 47.4 Å². The summed E-state index contributed by atoms with van der Waals surface area (Å²) in [4.78, 5) is 0.600. The Morgan fingerprint density at radius 2 is 1.81 bits per heavy atom. The number of benzene rings is 2. The van der Waals surface area contributed by atoms with Gasteiger partial charge in [0.2, 0.25) is 0 Å². The molecule has 1 fully saturated rings. The third-order valence-corrected chi connectivity index (χ3v) is 6.43. The largest absolute Gasteiger partial charge is 0.494 e. The van der Waals surface area contributed by atoms with Crippen molar-refractivity contribution in [3.63, 3.8) is 0 Å². The van der Waals surface area contributed by atoms with E-state index in [2.05, 4.69) is 0 Å². The number of rotatable bonds is 6. The van der Waals surface area contributed by atoms with Gasteiger partial charge in [0.1, 0.15) is 41.8 Å². The molecule has 7 nitrogen and oxygen atoms in total. The molecule has 172 valence electrons. The Labute approximate surface area is 186 Å². The Morgan fingerprint density at radius 1 is 1.03 bits per heavy atom. The van der Waals surface area contributed by atoms with Crippen LogP contribution in [0, 0.1) is 11.6 Å². The molecular weight excluding hydrogens is 444 g/mol. The molecule has 1 saturated heterocycles. The highest BCUT2D eigenvalue weighted by Crippen LogP contribution is 2.41. The van der Waals surface area contributed by atoms with Crippen molar-refractivity contribution < 1.29 is 38.7 Å². The third kappa shape index (κ3) is 4.09. The highest BCUT2D eigenvalue weighted by atomic mass is 32.2. The van der Waals surface area contributed by atoms with E-state index >= 15 is 0 Å². The number of aliphatic hydroxyl groups is 4. The minimum absolute atomic E-state index is 0.183. The van der Waals surface area contributed by atoms with Gasteiger partial charge in [-0.2, -0.15) is 0 Å². The molecule has 5 atom stereocenters. The van der Waals surface area contributed by atoms with E-state index in [0.717, 1.165) is 11.8 Å². The number of fused-ring (bicyclic) bond motifs is 1. The Morgan fingerprint density at radius 3 is 2.50 bits per heavy atom. The molecule has 3 aromatic rings. The second kappa shape index (κ2) is 9.34. The summed E-state index contributed by atoms with van der Waals surface area (Å²) < 4.78 is 41.8. The van der Waals surface area contributed by atoms with Crippen LogP contribution in [0.3, 0.4) is 0 Å². The third-order valence-electron chi connectivity index (χ3n) is 5.35.